The lowest BCUT2D eigenvalue weighted by Gasteiger charge is -2.12. The summed E-state index contributed by atoms with van der Waals surface area (Å²) in [5, 5.41) is 2.33. The molecule has 61 heavy (non-hydrogen) atoms. The molecule has 11 aromatic rings. The van der Waals surface area contributed by atoms with Crippen molar-refractivity contribution in [1.82, 2.24) is 19.5 Å². The predicted molar refractivity (Wildman–Crippen MR) is 252 cm³/mol. The summed E-state index contributed by atoms with van der Waals surface area (Å²) in [5.74, 6) is 1.87. The summed E-state index contributed by atoms with van der Waals surface area (Å²) in [4.78, 5) is 15.4. The van der Waals surface area contributed by atoms with Crippen LogP contribution in [0.4, 0.5) is 0 Å². The van der Waals surface area contributed by atoms with Crippen molar-refractivity contribution >= 4 is 21.8 Å². The van der Waals surface area contributed by atoms with Gasteiger partial charge in [0.2, 0.25) is 0 Å². The van der Waals surface area contributed by atoms with Crippen LogP contribution in [0.15, 0.2) is 231 Å². The molecule has 4 heteroatoms. The second-order valence-electron chi connectivity index (χ2n) is 15.3. The Bertz CT molecular complexity index is 3320. The van der Waals surface area contributed by atoms with E-state index in [-0.39, 0.29) is 0 Å². The molecule has 0 N–H and O–H groups in total. The van der Waals surface area contributed by atoms with Crippen LogP contribution < -0.4 is 0 Å². The summed E-state index contributed by atoms with van der Waals surface area (Å²) in [6, 6.07) is 81.3. The van der Waals surface area contributed by atoms with Crippen molar-refractivity contribution in [1.29, 1.82) is 0 Å². The third-order valence-corrected chi connectivity index (χ3v) is 11.5. The van der Waals surface area contributed by atoms with Crippen molar-refractivity contribution < 1.29 is 0 Å². The molecule has 0 saturated carbocycles. The van der Waals surface area contributed by atoms with E-state index in [1.165, 1.54) is 38.8 Å². The largest absolute Gasteiger partial charge is 0.309 e. The predicted octanol–water partition coefficient (Wildman–Crippen LogP) is 14.6. The third kappa shape index (κ3) is 6.96. The van der Waals surface area contributed by atoms with E-state index >= 15 is 0 Å². The summed E-state index contributed by atoms with van der Waals surface area (Å²) in [6.45, 7) is 0. The first kappa shape index (κ1) is 35.9. The fourth-order valence-corrected chi connectivity index (χ4v) is 8.37. The molecule has 2 heterocycles. The first-order valence-corrected chi connectivity index (χ1v) is 20.6. The van der Waals surface area contributed by atoms with Crippen molar-refractivity contribution in [2.24, 2.45) is 0 Å². The van der Waals surface area contributed by atoms with E-state index in [9.17, 15) is 0 Å². The number of benzene rings is 9. The van der Waals surface area contributed by atoms with E-state index in [0.29, 0.717) is 17.5 Å². The lowest BCUT2D eigenvalue weighted by atomic mass is 9.99. The Labute approximate surface area is 354 Å². The smallest absolute Gasteiger partial charge is 0.164 e. The molecule has 0 spiro atoms. The van der Waals surface area contributed by atoms with Crippen LogP contribution in [0.25, 0.3) is 106 Å². The van der Waals surface area contributed by atoms with Gasteiger partial charge >= 0.3 is 0 Å². The van der Waals surface area contributed by atoms with Gasteiger partial charge in [0, 0.05) is 33.2 Å². The highest BCUT2D eigenvalue weighted by Crippen LogP contribution is 2.38. The second-order valence-corrected chi connectivity index (χ2v) is 15.3. The molecular formula is C57H38N4. The van der Waals surface area contributed by atoms with Crippen molar-refractivity contribution in [2.75, 3.05) is 0 Å². The van der Waals surface area contributed by atoms with Gasteiger partial charge < -0.3 is 4.57 Å². The maximum absolute atomic E-state index is 5.17. The van der Waals surface area contributed by atoms with Gasteiger partial charge in [0.25, 0.3) is 0 Å². The van der Waals surface area contributed by atoms with Crippen LogP contribution in [0.2, 0.25) is 0 Å². The van der Waals surface area contributed by atoms with Crippen LogP contribution in [-0.2, 0) is 0 Å². The van der Waals surface area contributed by atoms with E-state index in [1.54, 1.807) is 0 Å². The quantitative estimate of drug-likeness (QED) is 0.154. The number of fused-ring (bicyclic) bond motifs is 3. The molecule has 9 aromatic carbocycles. The van der Waals surface area contributed by atoms with Crippen LogP contribution >= 0.6 is 0 Å². The van der Waals surface area contributed by atoms with Gasteiger partial charge in [-0.25, -0.2) is 15.0 Å². The highest BCUT2D eigenvalue weighted by molar-refractivity contribution is 6.11. The minimum atomic E-state index is 0.617. The van der Waals surface area contributed by atoms with Gasteiger partial charge in [0.05, 0.1) is 11.0 Å². The summed E-state index contributed by atoms with van der Waals surface area (Å²) in [6.07, 6.45) is 0. The minimum absolute atomic E-state index is 0.617. The van der Waals surface area contributed by atoms with Gasteiger partial charge in [-0.15, -0.1) is 0 Å². The number of hydrogen-bond donors (Lipinski definition) is 0. The Hall–Kier alpha value is -8.21. The minimum Gasteiger partial charge on any atom is -0.309 e. The van der Waals surface area contributed by atoms with Crippen LogP contribution in [0.3, 0.4) is 0 Å². The first-order valence-electron chi connectivity index (χ1n) is 20.6. The van der Waals surface area contributed by atoms with E-state index < -0.39 is 0 Å². The molecule has 0 bridgehead atoms. The zero-order chi connectivity index (χ0) is 40.5. The monoisotopic (exact) mass is 778 g/mol. The average Bonchev–Trinajstić information content (AvgIpc) is 3.68. The summed E-state index contributed by atoms with van der Waals surface area (Å²) in [5.41, 5.74) is 15.4. The molecule has 2 aromatic heterocycles. The maximum Gasteiger partial charge on any atom is 0.164 e. The zero-order valence-corrected chi connectivity index (χ0v) is 33.2. The molecule has 0 fully saturated rings. The maximum atomic E-state index is 5.17. The van der Waals surface area contributed by atoms with E-state index in [1.807, 2.05) is 24.3 Å². The topological polar surface area (TPSA) is 43.6 Å². The van der Waals surface area contributed by atoms with Gasteiger partial charge in [-0.05, 0) is 80.9 Å². The van der Waals surface area contributed by atoms with E-state index in [2.05, 4.69) is 211 Å². The third-order valence-electron chi connectivity index (χ3n) is 11.5. The molecule has 0 aliphatic heterocycles. The number of hydrogen-bond acceptors (Lipinski definition) is 3. The van der Waals surface area contributed by atoms with Crippen molar-refractivity contribution in [3.8, 4) is 84.4 Å². The molecule has 4 nitrogen and oxygen atoms in total. The fourth-order valence-electron chi connectivity index (χ4n) is 8.37. The zero-order valence-electron chi connectivity index (χ0n) is 33.2. The Morgan fingerprint density at radius 1 is 0.230 bits per heavy atom. The first-order chi connectivity index (χ1) is 30.2. The van der Waals surface area contributed by atoms with Gasteiger partial charge in [-0.1, -0.05) is 194 Å². The molecule has 0 amide bonds. The van der Waals surface area contributed by atoms with E-state index in [4.69, 9.17) is 15.0 Å². The lowest BCUT2D eigenvalue weighted by Crippen LogP contribution is -2.00. The Morgan fingerprint density at radius 3 is 1.23 bits per heavy atom. The van der Waals surface area contributed by atoms with Crippen LogP contribution in [0.5, 0.6) is 0 Å². The van der Waals surface area contributed by atoms with Crippen molar-refractivity contribution in [3.05, 3.63) is 231 Å². The van der Waals surface area contributed by atoms with Gasteiger partial charge in [0.15, 0.2) is 17.5 Å². The number of rotatable bonds is 8. The summed E-state index contributed by atoms with van der Waals surface area (Å²) >= 11 is 0. The SMILES string of the molecule is c1ccc(-c2ccc(-c3nc(-c4ccccc4)nc(-c4ccc5c6cc(-c7ccccc7)ccc6n(-c6cccc(-c7cccc(-c8ccccc8)c7)c6)c5c4)n3)cc2)cc1. The standard InChI is InChI=1S/C57H38N4/c1-5-15-39(16-6-1)42-27-29-44(30-28-42)56-58-55(43-21-11-4-12-22-43)59-57(60-56)49-31-33-51-52-37-48(41-19-9-3-10-20-41)32-34-53(52)61(54(51)38-49)50-26-14-25-47(36-50)46-24-13-23-45(35-46)40-17-7-2-8-18-40/h1-38H. The molecular weight excluding hydrogens is 741 g/mol. The summed E-state index contributed by atoms with van der Waals surface area (Å²) < 4.78 is 2.38. The molecule has 0 aliphatic carbocycles. The molecule has 0 atom stereocenters. The fraction of sp³-hybridized carbons (Fsp3) is 0. The number of aromatic nitrogens is 4. The van der Waals surface area contributed by atoms with Gasteiger partial charge in [-0.3, -0.25) is 0 Å². The molecule has 286 valence electrons. The lowest BCUT2D eigenvalue weighted by molar-refractivity contribution is 1.07. The molecule has 0 unspecified atom stereocenters. The van der Waals surface area contributed by atoms with Crippen molar-refractivity contribution in [3.63, 3.8) is 0 Å². The Balaban J connectivity index is 1.08. The van der Waals surface area contributed by atoms with Crippen LogP contribution in [-0.4, -0.2) is 19.5 Å². The van der Waals surface area contributed by atoms with Crippen molar-refractivity contribution in [2.45, 2.75) is 0 Å². The normalized spacial score (nSPS) is 11.3. The highest BCUT2D eigenvalue weighted by Gasteiger charge is 2.18. The number of nitrogens with zero attached hydrogens (tertiary/aromatic N) is 4. The highest BCUT2D eigenvalue weighted by atomic mass is 15.0. The van der Waals surface area contributed by atoms with E-state index in [0.717, 1.165) is 49.9 Å². The molecule has 0 aliphatic rings. The molecule has 0 saturated heterocycles. The summed E-state index contributed by atoms with van der Waals surface area (Å²) in [7, 11) is 0. The Kier molecular flexibility index (Phi) is 9.14. The van der Waals surface area contributed by atoms with Gasteiger partial charge in [0.1, 0.15) is 0 Å². The molecule has 0 radical (unpaired) electrons. The van der Waals surface area contributed by atoms with Crippen LogP contribution in [0, 0.1) is 0 Å². The van der Waals surface area contributed by atoms with Crippen LogP contribution in [0.1, 0.15) is 0 Å². The van der Waals surface area contributed by atoms with Gasteiger partial charge in [-0.2, -0.15) is 0 Å². The second kappa shape index (κ2) is 15.5. The molecule has 11 rings (SSSR count). The Morgan fingerprint density at radius 2 is 0.623 bits per heavy atom. The average molecular weight is 779 g/mol.